The molecule has 0 bridgehead atoms. The van der Waals surface area contributed by atoms with Crippen molar-refractivity contribution in [1.29, 1.82) is 5.26 Å². The number of hydrogen-bond acceptors (Lipinski definition) is 4. The highest BCUT2D eigenvalue weighted by Crippen LogP contribution is 2.10. The maximum atomic E-state index is 11.7. The minimum absolute atomic E-state index is 0.159. The average Bonchev–Trinajstić information content (AvgIpc) is 2.86. The summed E-state index contributed by atoms with van der Waals surface area (Å²) in [5, 5.41) is 11.5. The Bertz CT molecular complexity index is 400. The third-order valence-corrected chi connectivity index (χ3v) is 2.96. The molecule has 17 heavy (non-hydrogen) atoms. The second-order valence-electron chi connectivity index (χ2n) is 4.16. The molecule has 0 spiro atoms. The van der Waals surface area contributed by atoms with Gasteiger partial charge < -0.3 is 9.73 Å². The molecular formula is C12H15N3O2. The average molecular weight is 233 g/mol. The lowest BCUT2D eigenvalue weighted by Gasteiger charge is -2.30. The van der Waals surface area contributed by atoms with E-state index < -0.39 is 0 Å². The third kappa shape index (κ3) is 3.08. The molecule has 0 radical (unpaired) electrons. The Morgan fingerprint density at radius 2 is 2.35 bits per heavy atom. The third-order valence-electron chi connectivity index (χ3n) is 2.96. The van der Waals surface area contributed by atoms with Crippen molar-refractivity contribution in [3.8, 4) is 6.07 Å². The Labute approximate surface area is 100 Å². The Balaban J connectivity index is 1.79. The van der Waals surface area contributed by atoms with Crippen LogP contribution in [0.2, 0.25) is 0 Å². The second kappa shape index (κ2) is 5.51. The second-order valence-corrected chi connectivity index (χ2v) is 4.16. The first-order chi connectivity index (χ1) is 8.29. The summed E-state index contributed by atoms with van der Waals surface area (Å²) in [6.45, 7) is 2.19. The molecule has 5 heteroatoms. The number of amides is 1. The van der Waals surface area contributed by atoms with Crippen molar-refractivity contribution in [3.05, 3.63) is 24.2 Å². The van der Waals surface area contributed by atoms with Gasteiger partial charge >= 0.3 is 0 Å². The van der Waals surface area contributed by atoms with E-state index in [1.165, 1.54) is 6.26 Å². The number of nitrogens with one attached hydrogen (secondary N) is 1. The van der Waals surface area contributed by atoms with Crippen LogP contribution in [0.1, 0.15) is 23.4 Å². The van der Waals surface area contributed by atoms with E-state index in [0.717, 1.165) is 25.9 Å². The lowest BCUT2D eigenvalue weighted by atomic mass is 10.1. The van der Waals surface area contributed by atoms with Gasteiger partial charge in [-0.15, -0.1) is 0 Å². The minimum Gasteiger partial charge on any atom is -0.459 e. The zero-order valence-electron chi connectivity index (χ0n) is 9.56. The number of piperidine rings is 1. The summed E-state index contributed by atoms with van der Waals surface area (Å²) in [6.07, 6.45) is 3.26. The number of nitriles is 1. The molecule has 2 rings (SSSR count). The van der Waals surface area contributed by atoms with Crippen LogP contribution < -0.4 is 5.32 Å². The molecule has 1 fully saturated rings. The standard InChI is InChI=1S/C12H15N3O2/c13-5-8-15-6-3-10(4-7-15)14-12(16)11-2-1-9-17-11/h1-2,9-10H,3-4,6-8H2,(H,14,16). The van der Waals surface area contributed by atoms with Crippen LogP contribution in [0.15, 0.2) is 22.8 Å². The van der Waals surface area contributed by atoms with Crippen LogP contribution in [0.5, 0.6) is 0 Å². The summed E-state index contributed by atoms with van der Waals surface area (Å²) in [7, 11) is 0. The van der Waals surface area contributed by atoms with Crippen molar-refractivity contribution in [2.75, 3.05) is 19.6 Å². The molecule has 1 saturated heterocycles. The van der Waals surface area contributed by atoms with Crippen molar-refractivity contribution in [2.45, 2.75) is 18.9 Å². The molecule has 1 aliphatic rings. The summed E-state index contributed by atoms with van der Waals surface area (Å²) in [5.41, 5.74) is 0. The molecule has 2 heterocycles. The van der Waals surface area contributed by atoms with Crippen LogP contribution in [0, 0.1) is 11.3 Å². The Hall–Kier alpha value is -1.80. The van der Waals surface area contributed by atoms with E-state index in [4.69, 9.17) is 9.68 Å². The zero-order chi connectivity index (χ0) is 12.1. The largest absolute Gasteiger partial charge is 0.459 e. The number of likely N-dealkylation sites (tertiary alicyclic amines) is 1. The van der Waals surface area contributed by atoms with E-state index in [9.17, 15) is 4.79 Å². The molecule has 0 unspecified atom stereocenters. The molecule has 0 aliphatic carbocycles. The number of carbonyl (C=O) groups excluding carboxylic acids is 1. The molecule has 0 aromatic carbocycles. The molecule has 1 aromatic rings. The first-order valence-corrected chi connectivity index (χ1v) is 5.73. The van der Waals surface area contributed by atoms with Gasteiger partial charge in [-0.2, -0.15) is 5.26 Å². The molecule has 1 aromatic heterocycles. The van der Waals surface area contributed by atoms with Gasteiger partial charge in [-0.25, -0.2) is 0 Å². The number of rotatable bonds is 3. The smallest absolute Gasteiger partial charge is 0.287 e. The van der Waals surface area contributed by atoms with E-state index >= 15 is 0 Å². The molecule has 0 saturated carbocycles. The highest BCUT2D eigenvalue weighted by Gasteiger charge is 2.21. The Morgan fingerprint density at radius 1 is 1.59 bits per heavy atom. The molecule has 90 valence electrons. The highest BCUT2D eigenvalue weighted by atomic mass is 16.3. The topological polar surface area (TPSA) is 69.3 Å². The normalized spacial score (nSPS) is 17.6. The molecule has 5 nitrogen and oxygen atoms in total. The summed E-state index contributed by atoms with van der Waals surface area (Å²) in [5.74, 6) is 0.193. The minimum atomic E-state index is -0.159. The van der Waals surface area contributed by atoms with Crippen LogP contribution in [-0.4, -0.2) is 36.5 Å². The van der Waals surface area contributed by atoms with Crippen molar-refractivity contribution in [1.82, 2.24) is 10.2 Å². The molecule has 1 aliphatic heterocycles. The van der Waals surface area contributed by atoms with Gasteiger partial charge in [0, 0.05) is 19.1 Å². The van der Waals surface area contributed by atoms with Crippen LogP contribution >= 0.6 is 0 Å². The van der Waals surface area contributed by atoms with Crippen molar-refractivity contribution < 1.29 is 9.21 Å². The quantitative estimate of drug-likeness (QED) is 0.791. The van der Waals surface area contributed by atoms with Gasteiger partial charge in [0.2, 0.25) is 0 Å². The SMILES string of the molecule is N#CCN1CCC(NC(=O)c2ccco2)CC1. The van der Waals surface area contributed by atoms with Crippen molar-refractivity contribution in [2.24, 2.45) is 0 Å². The summed E-state index contributed by atoms with van der Waals surface area (Å²) < 4.78 is 5.03. The van der Waals surface area contributed by atoms with Crippen molar-refractivity contribution >= 4 is 5.91 Å². The van der Waals surface area contributed by atoms with E-state index in [1.807, 2.05) is 0 Å². The van der Waals surface area contributed by atoms with E-state index in [2.05, 4.69) is 16.3 Å². The zero-order valence-corrected chi connectivity index (χ0v) is 9.56. The summed E-state index contributed by atoms with van der Waals surface area (Å²) in [4.78, 5) is 13.8. The predicted octanol–water partition coefficient (Wildman–Crippen LogP) is 0.997. The van der Waals surface area contributed by atoms with Crippen molar-refractivity contribution in [3.63, 3.8) is 0 Å². The predicted molar refractivity (Wildman–Crippen MR) is 61.2 cm³/mol. The van der Waals surface area contributed by atoms with Gasteiger partial charge in [0.15, 0.2) is 5.76 Å². The van der Waals surface area contributed by atoms with E-state index in [-0.39, 0.29) is 11.9 Å². The van der Waals surface area contributed by atoms with Gasteiger partial charge in [0.25, 0.3) is 5.91 Å². The van der Waals surface area contributed by atoms with Gasteiger partial charge in [0.1, 0.15) is 0 Å². The van der Waals surface area contributed by atoms with Gasteiger partial charge in [0.05, 0.1) is 18.9 Å². The first-order valence-electron chi connectivity index (χ1n) is 5.73. The fourth-order valence-corrected chi connectivity index (χ4v) is 2.00. The molecule has 1 N–H and O–H groups in total. The molecule has 0 atom stereocenters. The maximum Gasteiger partial charge on any atom is 0.287 e. The number of nitrogens with zero attached hydrogens (tertiary/aromatic N) is 2. The van der Waals surface area contributed by atoms with Crippen LogP contribution in [0.4, 0.5) is 0 Å². The van der Waals surface area contributed by atoms with E-state index in [1.54, 1.807) is 12.1 Å². The van der Waals surface area contributed by atoms with Crippen LogP contribution in [0.3, 0.4) is 0 Å². The fraction of sp³-hybridized carbons (Fsp3) is 0.500. The molecule has 1 amide bonds. The Kier molecular flexibility index (Phi) is 3.78. The van der Waals surface area contributed by atoms with Crippen LogP contribution in [0.25, 0.3) is 0 Å². The molecular weight excluding hydrogens is 218 g/mol. The van der Waals surface area contributed by atoms with Gasteiger partial charge in [-0.05, 0) is 25.0 Å². The fourth-order valence-electron chi connectivity index (χ4n) is 2.00. The lowest BCUT2D eigenvalue weighted by molar-refractivity contribution is 0.0886. The maximum absolute atomic E-state index is 11.7. The number of carbonyl (C=O) groups is 1. The van der Waals surface area contributed by atoms with Gasteiger partial charge in [-0.1, -0.05) is 0 Å². The highest BCUT2D eigenvalue weighted by molar-refractivity contribution is 5.91. The van der Waals surface area contributed by atoms with Crippen LogP contribution in [-0.2, 0) is 0 Å². The number of hydrogen-bond donors (Lipinski definition) is 1. The first kappa shape index (κ1) is 11.7. The number of furan rings is 1. The lowest BCUT2D eigenvalue weighted by Crippen LogP contribution is -2.44. The Morgan fingerprint density at radius 3 is 2.94 bits per heavy atom. The summed E-state index contributed by atoms with van der Waals surface area (Å²) in [6, 6.07) is 5.67. The summed E-state index contributed by atoms with van der Waals surface area (Å²) >= 11 is 0. The van der Waals surface area contributed by atoms with E-state index in [0.29, 0.717) is 12.3 Å². The monoisotopic (exact) mass is 233 g/mol. The van der Waals surface area contributed by atoms with Gasteiger partial charge in [-0.3, -0.25) is 9.69 Å².